The van der Waals surface area contributed by atoms with E-state index < -0.39 is 17.6 Å². The van der Waals surface area contributed by atoms with Gasteiger partial charge in [0.2, 0.25) is 5.82 Å². The van der Waals surface area contributed by atoms with Crippen LogP contribution in [0.2, 0.25) is 5.02 Å². The minimum atomic E-state index is -1.14. The molecule has 8 nitrogen and oxygen atoms in total. The highest BCUT2D eigenvalue weighted by molar-refractivity contribution is 9.10. The predicted molar refractivity (Wildman–Crippen MR) is 149 cm³/mol. The number of carbonyl (C=O) groups is 1. The van der Waals surface area contributed by atoms with Crippen molar-refractivity contribution in [3.05, 3.63) is 90.5 Å². The third-order valence-corrected chi connectivity index (χ3v) is 6.74. The number of benzene rings is 3. The summed E-state index contributed by atoms with van der Waals surface area (Å²) < 4.78 is 14.1. The molecule has 1 atom stereocenters. The molecule has 0 bridgehead atoms. The average Bonchev–Trinajstić information content (AvgIpc) is 3.28. The van der Waals surface area contributed by atoms with E-state index in [0.29, 0.717) is 37.3 Å². The Kier molecular flexibility index (Phi) is 6.89. The molecule has 0 unspecified atom stereocenters. The van der Waals surface area contributed by atoms with Crippen molar-refractivity contribution in [3.8, 4) is 17.3 Å². The van der Waals surface area contributed by atoms with Gasteiger partial charge in [-0.05, 0) is 71.4 Å². The number of ether oxygens (including phenoxy) is 1. The van der Waals surface area contributed by atoms with Crippen molar-refractivity contribution in [1.82, 2.24) is 9.66 Å². The van der Waals surface area contributed by atoms with Gasteiger partial charge in [-0.1, -0.05) is 39.7 Å². The molecule has 5 rings (SSSR count). The van der Waals surface area contributed by atoms with E-state index in [-0.39, 0.29) is 11.6 Å². The Morgan fingerprint density at radius 3 is 2.76 bits per heavy atom. The standard InChI is InChI=1S/C26H16Br2ClN3O5/c1-13(26(34)35)36-23-15(9-17(29)11-19(23)28)12-30-32-24(31-20-5-3-2-4-18(20)25(32)33)22-10-14-8-16(27)6-7-21(14)37-22/h2-13H,1H3,(H,34,35)/t13-/m1/s1. The molecule has 2 aromatic heterocycles. The highest BCUT2D eigenvalue weighted by Crippen LogP contribution is 2.33. The Labute approximate surface area is 231 Å². The zero-order chi connectivity index (χ0) is 26.3. The van der Waals surface area contributed by atoms with Crippen LogP contribution in [0.4, 0.5) is 0 Å². The van der Waals surface area contributed by atoms with E-state index in [1.54, 1.807) is 42.5 Å². The highest BCUT2D eigenvalue weighted by Gasteiger charge is 2.19. The maximum Gasteiger partial charge on any atom is 0.344 e. The number of carboxylic acids is 1. The van der Waals surface area contributed by atoms with E-state index in [2.05, 4.69) is 41.9 Å². The molecule has 3 aromatic carbocycles. The van der Waals surface area contributed by atoms with Gasteiger partial charge < -0.3 is 14.3 Å². The van der Waals surface area contributed by atoms with Crippen LogP contribution in [0.3, 0.4) is 0 Å². The molecule has 1 N–H and O–H groups in total. The highest BCUT2D eigenvalue weighted by atomic mass is 79.9. The van der Waals surface area contributed by atoms with Gasteiger partial charge in [-0.15, -0.1) is 0 Å². The number of fused-ring (bicyclic) bond motifs is 2. The number of carboxylic acid groups (broad SMARTS) is 1. The van der Waals surface area contributed by atoms with Crippen LogP contribution in [0.1, 0.15) is 12.5 Å². The van der Waals surface area contributed by atoms with E-state index in [0.717, 1.165) is 14.5 Å². The summed E-state index contributed by atoms with van der Waals surface area (Å²) in [6.07, 6.45) is 0.223. The van der Waals surface area contributed by atoms with E-state index in [4.69, 9.17) is 20.8 Å². The first-order chi connectivity index (χ1) is 17.7. The van der Waals surface area contributed by atoms with Crippen LogP contribution in [0.25, 0.3) is 33.5 Å². The molecule has 37 heavy (non-hydrogen) atoms. The minimum absolute atomic E-state index is 0.190. The Morgan fingerprint density at radius 2 is 1.97 bits per heavy atom. The predicted octanol–water partition coefficient (Wildman–Crippen LogP) is 6.72. The first-order valence-electron chi connectivity index (χ1n) is 10.9. The molecular weight excluding hydrogens is 630 g/mol. The Morgan fingerprint density at radius 1 is 1.19 bits per heavy atom. The average molecular weight is 646 g/mol. The topological polar surface area (TPSA) is 107 Å². The van der Waals surface area contributed by atoms with Gasteiger partial charge in [-0.2, -0.15) is 9.78 Å². The molecule has 11 heteroatoms. The molecule has 0 radical (unpaired) electrons. The monoisotopic (exact) mass is 643 g/mol. The van der Waals surface area contributed by atoms with Crippen molar-refractivity contribution >= 4 is 77.5 Å². The number of hydrogen-bond donors (Lipinski definition) is 1. The Bertz CT molecular complexity index is 1780. The van der Waals surface area contributed by atoms with Crippen molar-refractivity contribution in [1.29, 1.82) is 0 Å². The maximum absolute atomic E-state index is 13.5. The van der Waals surface area contributed by atoms with Crippen LogP contribution < -0.4 is 10.3 Å². The fourth-order valence-corrected chi connectivity index (χ4v) is 4.97. The summed E-state index contributed by atoms with van der Waals surface area (Å²) in [5.41, 5.74) is 1.04. The number of aromatic nitrogens is 2. The van der Waals surface area contributed by atoms with Crippen molar-refractivity contribution in [2.45, 2.75) is 13.0 Å². The van der Waals surface area contributed by atoms with E-state index in [1.807, 2.05) is 18.2 Å². The van der Waals surface area contributed by atoms with Crippen molar-refractivity contribution < 1.29 is 19.1 Å². The molecule has 0 fully saturated rings. The summed E-state index contributed by atoms with van der Waals surface area (Å²) in [6.45, 7) is 1.40. The van der Waals surface area contributed by atoms with Crippen LogP contribution in [-0.2, 0) is 4.79 Å². The fourth-order valence-electron chi connectivity index (χ4n) is 3.66. The van der Waals surface area contributed by atoms with Crippen molar-refractivity contribution in [2.75, 3.05) is 0 Å². The third kappa shape index (κ3) is 5.04. The Balaban J connectivity index is 1.70. The molecule has 5 aromatic rings. The fraction of sp³-hybridized carbons (Fsp3) is 0.0769. The molecule has 0 spiro atoms. The number of para-hydroxylation sites is 1. The van der Waals surface area contributed by atoms with Gasteiger partial charge in [0, 0.05) is 20.4 Å². The number of rotatable bonds is 6. The lowest BCUT2D eigenvalue weighted by Crippen LogP contribution is -2.24. The summed E-state index contributed by atoms with van der Waals surface area (Å²) in [7, 11) is 0. The number of furan rings is 1. The molecule has 186 valence electrons. The molecule has 0 saturated heterocycles. The lowest BCUT2D eigenvalue weighted by Gasteiger charge is -2.15. The van der Waals surface area contributed by atoms with Gasteiger partial charge in [-0.3, -0.25) is 4.79 Å². The van der Waals surface area contributed by atoms with Gasteiger partial charge in [-0.25, -0.2) is 9.78 Å². The molecule has 0 aliphatic heterocycles. The van der Waals surface area contributed by atoms with Crippen molar-refractivity contribution in [2.24, 2.45) is 5.10 Å². The SMILES string of the molecule is C[C@@H](Oc1c(Br)cc(Cl)cc1C=Nn1c(-c2cc3cc(Br)ccc3o2)nc2ccccc2c1=O)C(=O)O. The first-order valence-corrected chi connectivity index (χ1v) is 12.8. The summed E-state index contributed by atoms with van der Waals surface area (Å²) in [6, 6.07) is 17.4. The van der Waals surface area contributed by atoms with Crippen LogP contribution >= 0.6 is 43.5 Å². The van der Waals surface area contributed by atoms with Crippen molar-refractivity contribution in [3.63, 3.8) is 0 Å². The number of aliphatic carboxylic acids is 1. The smallest absolute Gasteiger partial charge is 0.344 e. The van der Waals surface area contributed by atoms with E-state index >= 15 is 0 Å². The maximum atomic E-state index is 13.5. The molecular formula is C26H16Br2ClN3O5. The zero-order valence-corrected chi connectivity index (χ0v) is 22.9. The Hall–Kier alpha value is -3.47. The largest absolute Gasteiger partial charge is 0.479 e. The molecule has 0 aliphatic carbocycles. The summed E-state index contributed by atoms with van der Waals surface area (Å²) in [5.74, 6) is -0.399. The quantitative estimate of drug-likeness (QED) is 0.206. The third-order valence-electron chi connectivity index (χ3n) is 5.44. The van der Waals surface area contributed by atoms with Gasteiger partial charge in [0.05, 0.1) is 21.6 Å². The van der Waals surface area contributed by atoms with E-state index in [9.17, 15) is 14.7 Å². The first kappa shape index (κ1) is 25.2. The summed E-state index contributed by atoms with van der Waals surface area (Å²) >= 11 is 13.0. The molecule has 0 aliphatic rings. The van der Waals surface area contributed by atoms with Crippen LogP contribution in [0, 0.1) is 0 Å². The second kappa shape index (κ2) is 10.1. The zero-order valence-electron chi connectivity index (χ0n) is 19.0. The van der Waals surface area contributed by atoms with Gasteiger partial charge in [0.25, 0.3) is 5.56 Å². The summed E-state index contributed by atoms with van der Waals surface area (Å²) in [5, 5.41) is 15.3. The number of hydrogen-bond acceptors (Lipinski definition) is 6. The van der Waals surface area contributed by atoms with Crippen LogP contribution in [0.15, 0.2) is 83.9 Å². The van der Waals surface area contributed by atoms with Crippen LogP contribution in [-0.4, -0.2) is 33.1 Å². The molecule has 0 amide bonds. The second-order valence-corrected chi connectivity index (χ2v) is 10.2. The number of halogens is 3. The summed E-state index contributed by atoms with van der Waals surface area (Å²) in [4.78, 5) is 29.6. The van der Waals surface area contributed by atoms with E-state index in [1.165, 1.54) is 13.1 Å². The lowest BCUT2D eigenvalue weighted by molar-refractivity contribution is -0.144. The second-order valence-electron chi connectivity index (χ2n) is 8.01. The number of nitrogens with zero attached hydrogens (tertiary/aromatic N) is 3. The van der Waals surface area contributed by atoms with Crippen LogP contribution in [0.5, 0.6) is 5.75 Å². The normalized spacial score (nSPS) is 12.4. The molecule has 2 heterocycles. The van der Waals surface area contributed by atoms with Gasteiger partial charge in [0.1, 0.15) is 11.3 Å². The minimum Gasteiger partial charge on any atom is -0.479 e. The van der Waals surface area contributed by atoms with Gasteiger partial charge in [0.15, 0.2) is 11.9 Å². The van der Waals surface area contributed by atoms with Gasteiger partial charge >= 0.3 is 5.97 Å². The lowest BCUT2D eigenvalue weighted by atomic mass is 10.2. The molecule has 0 saturated carbocycles.